The minimum absolute atomic E-state index is 0. The summed E-state index contributed by atoms with van der Waals surface area (Å²) in [5, 5.41) is 1.79. The van der Waals surface area contributed by atoms with Crippen molar-refractivity contribution >= 4 is 21.9 Å². The SMILES string of the molecule is [2H]C([2H])([2H])c1cnc(-c2[c-]ccc3c2oc2c(-c4ccccc4)cccc23)cc1-c1ccc(C2([2H])CCC(C)(C)CC2)cc1C([2H])([2H])[2H].[2H]C([2H])(c1ccc(-c2[c-]cccc2)nc1)C(C)(C)C.[Ir]. The van der Waals surface area contributed by atoms with Crippen LogP contribution in [0.5, 0.6) is 0 Å². The van der Waals surface area contributed by atoms with E-state index in [1.54, 1.807) is 36.5 Å². The molecular weight excluding hydrogens is 897 g/mol. The number of benzene rings is 5. The third-order valence-corrected chi connectivity index (χ3v) is 10.9. The molecule has 0 unspecified atom stereocenters. The van der Waals surface area contributed by atoms with Crippen LogP contribution in [0.4, 0.5) is 0 Å². The monoisotopic (exact) mass is 960 g/mol. The van der Waals surface area contributed by atoms with Gasteiger partial charge < -0.3 is 14.4 Å². The fourth-order valence-electron chi connectivity index (χ4n) is 7.74. The molecule has 3 heterocycles. The van der Waals surface area contributed by atoms with Crippen LogP contribution in [0.25, 0.3) is 66.7 Å². The van der Waals surface area contributed by atoms with Crippen LogP contribution >= 0.6 is 0 Å². The van der Waals surface area contributed by atoms with Crippen LogP contribution in [0.1, 0.15) is 101 Å². The molecule has 1 radical (unpaired) electrons. The Balaban J connectivity index is 0.000000288. The summed E-state index contributed by atoms with van der Waals surface area (Å²) >= 11 is 0. The molecule has 1 aliphatic rings. The number of aryl methyl sites for hydroxylation is 2. The summed E-state index contributed by atoms with van der Waals surface area (Å²) in [6, 6.07) is 44.1. The Kier molecular flexibility index (Phi) is 9.46. The van der Waals surface area contributed by atoms with Crippen LogP contribution in [0.15, 0.2) is 138 Å². The average Bonchev–Trinajstić information content (AvgIpc) is 3.69. The molecule has 3 nitrogen and oxygen atoms in total. The van der Waals surface area contributed by atoms with Gasteiger partial charge in [0.15, 0.2) is 0 Å². The van der Waals surface area contributed by atoms with Gasteiger partial charge in [-0.15, -0.1) is 54.1 Å². The van der Waals surface area contributed by atoms with E-state index in [0.29, 0.717) is 40.8 Å². The number of pyridine rings is 2. The molecule has 1 aliphatic carbocycles. The molecule has 5 aromatic carbocycles. The van der Waals surface area contributed by atoms with E-state index in [4.69, 9.17) is 15.4 Å². The van der Waals surface area contributed by atoms with Gasteiger partial charge in [0.2, 0.25) is 0 Å². The van der Waals surface area contributed by atoms with E-state index in [-0.39, 0.29) is 47.8 Å². The van der Waals surface area contributed by atoms with E-state index in [0.717, 1.165) is 51.6 Å². The van der Waals surface area contributed by atoms with Gasteiger partial charge in [-0.25, -0.2) is 0 Å². The van der Waals surface area contributed by atoms with Gasteiger partial charge in [-0.05, 0) is 113 Å². The predicted octanol–water partition coefficient (Wildman–Crippen LogP) is 15.2. The molecular formula is C55H54IrN2O-2. The molecule has 1 saturated carbocycles. The molecule has 301 valence electrons. The molecule has 0 bridgehead atoms. The molecule has 0 amide bonds. The molecule has 59 heavy (non-hydrogen) atoms. The Morgan fingerprint density at radius 2 is 1.49 bits per heavy atom. The first-order valence-electron chi connectivity index (χ1n) is 24.5. The zero-order chi connectivity index (χ0) is 48.2. The maximum Gasteiger partial charge on any atom is 0.128 e. The number of furan rings is 1. The minimum Gasteiger partial charge on any atom is -0.500 e. The van der Waals surface area contributed by atoms with Gasteiger partial charge in [-0.1, -0.05) is 130 Å². The van der Waals surface area contributed by atoms with Crippen molar-refractivity contribution in [3.8, 4) is 44.8 Å². The van der Waals surface area contributed by atoms with Crippen LogP contribution in [0.2, 0.25) is 0 Å². The number of para-hydroxylation sites is 1. The van der Waals surface area contributed by atoms with Crippen molar-refractivity contribution in [1.82, 2.24) is 9.97 Å². The van der Waals surface area contributed by atoms with Crippen LogP contribution in [-0.2, 0) is 26.5 Å². The van der Waals surface area contributed by atoms with Gasteiger partial charge in [0, 0.05) is 55.8 Å². The summed E-state index contributed by atoms with van der Waals surface area (Å²) in [5.41, 5.74) is 7.38. The van der Waals surface area contributed by atoms with E-state index in [1.807, 2.05) is 112 Å². The zero-order valence-electron chi connectivity index (χ0n) is 43.2. The largest absolute Gasteiger partial charge is 0.500 e. The molecule has 0 spiro atoms. The molecule has 0 N–H and O–H groups in total. The Labute approximate surface area is 377 Å². The van der Waals surface area contributed by atoms with Gasteiger partial charge in [0.1, 0.15) is 5.58 Å². The molecule has 1 fully saturated rings. The van der Waals surface area contributed by atoms with Gasteiger partial charge >= 0.3 is 0 Å². The zero-order valence-corrected chi connectivity index (χ0v) is 36.6. The van der Waals surface area contributed by atoms with Gasteiger partial charge in [-0.3, -0.25) is 0 Å². The van der Waals surface area contributed by atoms with Crippen molar-refractivity contribution in [2.45, 2.75) is 86.3 Å². The van der Waals surface area contributed by atoms with Gasteiger partial charge in [0.05, 0.1) is 5.58 Å². The van der Waals surface area contributed by atoms with Crippen molar-refractivity contribution in [1.29, 1.82) is 0 Å². The third kappa shape index (κ3) is 9.51. The normalized spacial score (nSPS) is 17.5. The fourth-order valence-corrected chi connectivity index (χ4v) is 7.74. The van der Waals surface area contributed by atoms with E-state index < -0.39 is 31.4 Å². The molecule has 0 aliphatic heterocycles. The van der Waals surface area contributed by atoms with Crippen LogP contribution in [0, 0.1) is 36.7 Å². The van der Waals surface area contributed by atoms with Gasteiger partial charge in [-0.2, -0.15) is 0 Å². The summed E-state index contributed by atoms with van der Waals surface area (Å²) in [7, 11) is 0. The molecule has 8 aromatic rings. The number of hydrogen-bond donors (Lipinski definition) is 0. The van der Waals surface area contributed by atoms with Crippen LogP contribution in [-0.4, -0.2) is 9.97 Å². The quantitative estimate of drug-likeness (QED) is 0.156. The summed E-state index contributed by atoms with van der Waals surface area (Å²) in [6.45, 7) is 4.98. The van der Waals surface area contributed by atoms with Crippen molar-refractivity contribution in [2.75, 3.05) is 0 Å². The molecule has 4 heteroatoms. The van der Waals surface area contributed by atoms with E-state index >= 15 is 0 Å². The van der Waals surface area contributed by atoms with E-state index in [2.05, 4.69) is 35.9 Å². The standard InChI is InChI=1S/C39H36NO.C16H18N.Ir/c1-25-22-29(27-18-20-39(3,4)21-19-27)16-17-30(25)35-23-36(40-24-26(35)2)34-15-9-14-33-32-13-8-12-31(37(32)41-38(33)34)28-10-6-5-7-11-28;1-16(2,3)11-13-9-10-15(17-12-13)14-7-5-4-6-8-14;/h5-14,16-17,22-24,27H,18-21H2,1-4H3;4-7,9-10,12H,11H2,1-3H3;/q2*-1;/i1D3,2D3,27D;11D2;. The average molecular weight is 960 g/mol. The molecule has 9 rings (SSSR count). The second-order valence-electron chi connectivity index (χ2n) is 17.0. The van der Waals surface area contributed by atoms with Crippen molar-refractivity contribution in [3.63, 3.8) is 0 Å². The maximum atomic E-state index is 9.30. The first kappa shape index (κ1) is 31.7. The van der Waals surface area contributed by atoms with E-state index in [1.165, 1.54) is 6.20 Å². The summed E-state index contributed by atoms with van der Waals surface area (Å²) in [5.74, 6) is -0.908. The van der Waals surface area contributed by atoms with Crippen molar-refractivity contribution in [2.24, 2.45) is 10.8 Å². The first-order valence-corrected chi connectivity index (χ1v) is 20.0. The Morgan fingerprint density at radius 1 is 0.729 bits per heavy atom. The Morgan fingerprint density at radius 3 is 2.20 bits per heavy atom. The topological polar surface area (TPSA) is 38.9 Å². The maximum absolute atomic E-state index is 9.30. The predicted molar refractivity (Wildman–Crippen MR) is 243 cm³/mol. The molecule has 0 atom stereocenters. The fraction of sp³-hybridized carbons (Fsp3) is 0.273. The number of fused-ring (bicyclic) bond motifs is 3. The number of nitrogens with zero attached hydrogens (tertiary/aromatic N) is 2. The second-order valence-corrected chi connectivity index (χ2v) is 17.0. The number of aromatic nitrogens is 2. The number of hydrogen-bond acceptors (Lipinski definition) is 3. The van der Waals surface area contributed by atoms with Crippen LogP contribution < -0.4 is 0 Å². The Hall–Kier alpha value is -5.15. The van der Waals surface area contributed by atoms with Crippen LogP contribution in [0.3, 0.4) is 0 Å². The smallest absolute Gasteiger partial charge is 0.128 e. The minimum atomic E-state index is -2.56. The second kappa shape index (κ2) is 17.6. The van der Waals surface area contributed by atoms with Crippen molar-refractivity contribution in [3.05, 3.63) is 168 Å². The summed E-state index contributed by atoms with van der Waals surface area (Å²) < 4.78 is 82.8. The molecule has 3 aromatic heterocycles. The summed E-state index contributed by atoms with van der Waals surface area (Å²) in [6.07, 6.45) is 4.53. The first-order chi connectivity index (χ1) is 31.5. The van der Waals surface area contributed by atoms with Gasteiger partial charge in [0.25, 0.3) is 0 Å². The summed E-state index contributed by atoms with van der Waals surface area (Å²) in [4.78, 5) is 8.95. The third-order valence-electron chi connectivity index (χ3n) is 10.9. The number of rotatable bonds is 6. The van der Waals surface area contributed by atoms with E-state index in [9.17, 15) is 1.37 Å². The molecule has 0 saturated heterocycles. The Bertz CT molecular complexity index is 3040. The van der Waals surface area contributed by atoms with Crippen molar-refractivity contribution < 1.29 is 36.9 Å².